The first-order valence-electron chi connectivity index (χ1n) is 9.42. The van der Waals surface area contributed by atoms with Crippen LogP contribution in [0.15, 0.2) is 24.3 Å². The number of carbonyl (C=O) groups excluding carboxylic acids is 3. The Morgan fingerprint density at radius 3 is 2.48 bits per heavy atom. The van der Waals surface area contributed by atoms with Crippen LogP contribution in [0.3, 0.4) is 0 Å². The van der Waals surface area contributed by atoms with Gasteiger partial charge in [0.25, 0.3) is 5.91 Å². The predicted molar refractivity (Wildman–Crippen MR) is 114 cm³/mol. The molecular formula is C20H21ClN4O3S. The van der Waals surface area contributed by atoms with Gasteiger partial charge in [0.2, 0.25) is 11.6 Å². The number of likely N-dealkylation sites (N-methyl/N-ethyl adjacent to an activating group) is 1. The number of Topliss-reactive ketones (excluding diaryl/α,β-unsaturated/α-hetero) is 2. The maximum absolute atomic E-state index is 12.3. The second-order valence-corrected chi connectivity index (χ2v) is 8.71. The maximum atomic E-state index is 12.3. The van der Waals surface area contributed by atoms with E-state index in [1.807, 2.05) is 0 Å². The molecule has 1 aliphatic carbocycles. The van der Waals surface area contributed by atoms with Crippen molar-refractivity contribution in [1.82, 2.24) is 4.90 Å². The van der Waals surface area contributed by atoms with Crippen molar-refractivity contribution in [3.8, 4) is 0 Å². The summed E-state index contributed by atoms with van der Waals surface area (Å²) < 4.78 is 0. The molecule has 152 valence electrons. The largest absolute Gasteiger partial charge is 0.373 e. The number of thiophene rings is 1. The molecule has 0 saturated heterocycles. The minimum Gasteiger partial charge on any atom is -0.373 e. The van der Waals surface area contributed by atoms with Crippen molar-refractivity contribution >= 4 is 51.1 Å². The number of anilines is 2. The quantitative estimate of drug-likeness (QED) is 0.605. The summed E-state index contributed by atoms with van der Waals surface area (Å²) >= 11 is 7.33. The molecule has 29 heavy (non-hydrogen) atoms. The Hall–Kier alpha value is -2.42. The lowest BCUT2D eigenvalue weighted by atomic mass is 9.82. The summed E-state index contributed by atoms with van der Waals surface area (Å²) in [6, 6.07) is 5.43. The third-order valence-corrected chi connectivity index (χ3v) is 6.82. The summed E-state index contributed by atoms with van der Waals surface area (Å²) in [7, 11) is 0. The first-order valence-corrected chi connectivity index (χ1v) is 10.6. The van der Waals surface area contributed by atoms with Crippen LogP contribution < -0.4 is 16.4 Å². The second-order valence-electron chi connectivity index (χ2n) is 7.17. The van der Waals surface area contributed by atoms with Gasteiger partial charge in [0.05, 0.1) is 5.56 Å². The van der Waals surface area contributed by atoms with Gasteiger partial charge >= 0.3 is 0 Å². The van der Waals surface area contributed by atoms with Crippen molar-refractivity contribution in [2.24, 2.45) is 5.73 Å². The van der Waals surface area contributed by atoms with Crippen molar-refractivity contribution in [3.05, 3.63) is 45.3 Å². The fourth-order valence-corrected chi connectivity index (χ4v) is 5.22. The van der Waals surface area contributed by atoms with Crippen LogP contribution in [0.5, 0.6) is 0 Å². The first-order chi connectivity index (χ1) is 13.9. The number of amides is 1. The number of halogens is 1. The number of carbonyl (C=O) groups is 3. The summed E-state index contributed by atoms with van der Waals surface area (Å²) in [6.45, 7) is 4.64. The Bertz CT molecular complexity index is 988. The summed E-state index contributed by atoms with van der Waals surface area (Å²) in [4.78, 5) is 39.9. The number of fused-ring (bicyclic) bond motifs is 1. The third kappa shape index (κ3) is 3.63. The van der Waals surface area contributed by atoms with Gasteiger partial charge < -0.3 is 16.4 Å². The van der Waals surface area contributed by atoms with Crippen LogP contribution in [0.2, 0.25) is 5.02 Å². The van der Waals surface area contributed by atoms with Gasteiger partial charge in [-0.05, 0) is 42.8 Å². The molecular weight excluding hydrogens is 412 g/mol. The normalized spacial score (nSPS) is 21.4. The Morgan fingerprint density at radius 1 is 1.21 bits per heavy atom. The molecule has 0 bridgehead atoms. The van der Waals surface area contributed by atoms with E-state index in [2.05, 4.69) is 22.5 Å². The zero-order valence-electron chi connectivity index (χ0n) is 15.8. The number of rotatable bonds is 6. The van der Waals surface area contributed by atoms with Crippen LogP contribution in [-0.4, -0.2) is 47.5 Å². The molecule has 2 atom stereocenters. The van der Waals surface area contributed by atoms with E-state index in [-0.39, 0.29) is 0 Å². The van der Waals surface area contributed by atoms with Crippen LogP contribution >= 0.6 is 22.9 Å². The van der Waals surface area contributed by atoms with Gasteiger partial charge in [-0.25, -0.2) is 0 Å². The van der Waals surface area contributed by atoms with Crippen molar-refractivity contribution in [3.63, 3.8) is 0 Å². The molecule has 1 aromatic heterocycles. The van der Waals surface area contributed by atoms with Crippen molar-refractivity contribution in [2.75, 3.05) is 23.7 Å². The third-order valence-electron chi connectivity index (χ3n) is 5.42. The van der Waals surface area contributed by atoms with Crippen molar-refractivity contribution in [1.29, 1.82) is 0 Å². The van der Waals surface area contributed by atoms with Crippen LogP contribution in [-0.2, 0) is 22.6 Å². The molecule has 1 aromatic carbocycles. The Balaban J connectivity index is 1.58. The van der Waals surface area contributed by atoms with Gasteiger partial charge in [-0.1, -0.05) is 18.5 Å². The van der Waals surface area contributed by atoms with E-state index in [4.69, 9.17) is 17.3 Å². The van der Waals surface area contributed by atoms with E-state index in [0.717, 1.165) is 36.5 Å². The SMILES string of the molecule is CCN1CCc2c(sc(NC3C(=O)C(=O)C3Nc3ccc(Cl)cc3)c2C(N)=O)C1. The number of hydrogen-bond acceptors (Lipinski definition) is 7. The van der Waals surface area contributed by atoms with Crippen LogP contribution in [0.1, 0.15) is 27.7 Å². The van der Waals surface area contributed by atoms with Crippen LogP contribution in [0.25, 0.3) is 0 Å². The molecule has 7 nitrogen and oxygen atoms in total. The van der Waals surface area contributed by atoms with Gasteiger partial charge in [0.1, 0.15) is 17.1 Å². The Kier molecular flexibility index (Phi) is 5.33. The highest BCUT2D eigenvalue weighted by atomic mass is 35.5. The highest BCUT2D eigenvalue weighted by Crippen LogP contribution is 2.38. The minimum absolute atomic E-state index is 0.443. The first kappa shape index (κ1) is 19.9. The van der Waals surface area contributed by atoms with E-state index in [9.17, 15) is 14.4 Å². The topological polar surface area (TPSA) is 105 Å². The molecule has 9 heteroatoms. The lowest BCUT2D eigenvalue weighted by Crippen LogP contribution is -2.64. The molecule has 1 saturated carbocycles. The zero-order valence-corrected chi connectivity index (χ0v) is 17.4. The number of ketones is 2. The molecule has 2 aromatic rings. The number of benzene rings is 1. The van der Waals surface area contributed by atoms with Gasteiger partial charge in [0.15, 0.2) is 0 Å². The summed E-state index contributed by atoms with van der Waals surface area (Å²) in [5, 5.41) is 7.34. The maximum Gasteiger partial charge on any atom is 0.251 e. The number of nitrogens with two attached hydrogens (primary N) is 1. The van der Waals surface area contributed by atoms with Crippen LogP contribution in [0, 0.1) is 0 Å². The molecule has 1 aliphatic heterocycles. The minimum atomic E-state index is -0.751. The van der Waals surface area contributed by atoms with Gasteiger partial charge in [-0.2, -0.15) is 0 Å². The van der Waals surface area contributed by atoms with E-state index in [1.165, 1.54) is 11.3 Å². The fraction of sp³-hybridized carbons (Fsp3) is 0.350. The fourth-order valence-electron chi connectivity index (χ4n) is 3.77. The molecule has 1 amide bonds. The average molecular weight is 433 g/mol. The van der Waals surface area contributed by atoms with E-state index in [1.54, 1.807) is 24.3 Å². The highest BCUT2D eigenvalue weighted by Gasteiger charge is 2.50. The molecule has 2 aliphatic rings. The molecule has 4 N–H and O–H groups in total. The number of nitrogens with one attached hydrogen (secondary N) is 2. The van der Waals surface area contributed by atoms with Crippen LogP contribution in [0.4, 0.5) is 10.7 Å². The summed E-state index contributed by atoms with van der Waals surface area (Å²) in [6.07, 6.45) is 0.740. The molecule has 4 rings (SSSR count). The number of hydrogen-bond donors (Lipinski definition) is 3. The predicted octanol–water partition coefficient (Wildman–Crippen LogP) is 2.29. The van der Waals surface area contributed by atoms with Gasteiger partial charge in [-0.3, -0.25) is 19.3 Å². The lowest BCUT2D eigenvalue weighted by Gasteiger charge is -2.35. The average Bonchev–Trinajstić information content (AvgIpc) is 3.08. The highest BCUT2D eigenvalue weighted by molar-refractivity contribution is 7.16. The van der Waals surface area contributed by atoms with E-state index >= 15 is 0 Å². The smallest absolute Gasteiger partial charge is 0.251 e. The second kappa shape index (κ2) is 7.78. The van der Waals surface area contributed by atoms with Gasteiger partial charge in [-0.15, -0.1) is 11.3 Å². The Morgan fingerprint density at radius 2 is 1.86 bits per heavy atom. The Labute approximate surface area is 177 Å². The summed E-state index contributed by atoms with van der Waals surface area (Å²) in [5.41, 5.74) is 7.74. The van der Waals surface area contributed by atoms with Crippen molar-refractivity contribution < 1.29 is 14.4 Å². The van der Waals surface area contributed by atoms with E-state index in [0.29, 0.717) is 21.3 Å². The van der Waals surface area contributed by atoms with E-state index < -0.39 is 29.6 Å². The molecule has 1 fully saturated rings. The molecule has 0 radical (unpaired) electrons. The molecule has 2 heterocycles. The molecule has 0 spiro atoms. The summed E-state index contributed by atoms with van der Waals surface area (Å²) in [5.74, 6) is -1.51. The lowest BCUT2D eigenvalue weighted by molar-refractivity contribution is -0.144. The number of primary amides is 1. The number of nitrogens with zero attached hydrogens (tertiary/aromatic N) is 1. The molecule has 2 unspecified atom stereocenters. The standard InChI is InChI=1S/C20H21ClN4O3S/c1-2-25-8-7-12-13(9-25)29-20(14(12)19(22)28)24-16-15(17(26)18(16)27)23-11-5-3-10(21)4-6-11/h3-6,15-16,23-24H,2,7-9H2,1H3,(H2,22,28). The van der Waals surface area contributed by atoms with Crippen molar-refractivity contribution in [2.45, 2.75) is 32.0 Å². The van der Waals surface area contributed by atoms with Gasteiger partial charge in [0, 0.05) is 28.7 Å². The monoisotopic (exact) mass is 432 g/mol. The zero-order chi connectivity index (χ0) is 20.7.